The number of benzene rings is 2. The fourth-order valence-corrected chi connectivity index (χ4v) is 3.26. The van der Waals surface area contributed by atoms with Crippen molar-refractivity contribution >= 4 is 23.7 Å². The summed E-state index contributed by atoms with van der Waals surface area (Å²) in [5.41, 5.74) is 1.49. The Hall–Kier alpha value is -3.38. The van der Waals surface area contributed by atoms with Crippen LogP contribution in [0.15, 0.2) is 42.5 Å². The predicted octanol–water partition coefficient (Wildman–Crippen LogP) is 4.12. The summed E-state index contributed by atoms with van der Waals surface area (Å²) >= 11 is 0. The number of fused-ring (bicyclic) bond motifs is 1. The van der Waals surface area contributed by atoms with Gasteiger partial charge in [-0.3, -0.25) is 4.79 Å². The van der Waals surface area contributed by atoms with Crippen LogP contribution in [-0.2, 0) is 22.4 Å². The number of nitriles is 1. The van der Waals surface area contributed by atoms with E-state index in [1.54, 1.807) is 24.3 Å². The molecule has 1 atom stereocenters. The fraction of sp³-hybridized carbons (Fsp3) is 0.318. The van der Waals surface area contributed by atoms with Gasteiger partial charge in [-0.05, 0) is 43.3 Å². The van der Waals surface area contributed by atoms with Crippen molar-refractivity contribution in [1.82, 2.24) is 9.55 Å². The number of aliphatic carboxylic acids is 1. The molecule has 3 rings (SSSR count). The topological polar surface area (TPSA) is 97.4 Å². The van der Waals surface area contributed by atoms with Crippen LogP contribution in [0.2, 0.25) is 5.82 Å². The standard InChI is InChI=1S/C22H23BFN3O4/c1-3-30-11-10-27-20-12-18(31-17-6-4-16(24)5-7-17)8-9-19(20)26-21(27)13-23(14-25)15(2)22(28)29/h4-9,12,15H,3,10-11,13H2,1-2H3,(H,28,29). The molecule has 0 aliphatic carbocycles. The van der Waals surface area contributed by atoms with Gasteiger partial charge in [-0.1, -0.05) is 6.92 Å². The Balaban J connectivity index is 1.95. The molecule has 2 aromatic carbocycles. The van der Waals surface area contributed by atoms with E-state index >= 15 is 0 Å². The first-order chi connectivity index (χ1) is 14.9. The maximum Gasteiger partial charge on any atom is 0.300 e. The lowest BCUT2D eigenvalue weighted by Gasteiger charge is -2.13. The molecule has 0 aliphatic rings. The molecule has 0 saturated heterocycles. The number of hydrogen-bond acceptors (Lipinski definition) is 5. The molecule has 0 fully saturated rings. The van der Waals surface area contributed by atoms with Gasteiger partial charge in [0.15, 0.2) is 0 Å². The Morgan fingerprint density at radius 3 is 2.65 bits per heavy atom. The highest BCUT2D eigenvalue weighted by molar-refractivity contribution is 6.70. The monoisotopic (exact) mass is 423 g/mol. The van der Waals surface area contributed by atoms with Gasteiger partial charge in [0.25, 0.3) is 12.7 Å². The SMILES string of the molecule is CCOCCn1c(CB(C#N)C(C)C(=O)O)nc2ccc(Oc3ccc(F)cc3)cc21. The van der Waals surface area contributed by atoms with Crippen LogP contribution in [0.5, 0.6) is 11.5 Å². The molecule has 3 aromatic rings. The number of rotatable bonds is 10. The molecule has 0 spiro atoms. The average Bonchev–Trinajstić information content (AvgIpc) is 3.10. The number of carbonyl (C=O) groups is 1. The molecule has 0 bridgehead atoms. The van der Waals surface area contributed by atoms with Crippen LogP contribution in [-0.4, -0.2) is 40.6 Å². The number of carboxylic acid groups (broad SMARTS) is 1. The normalized spacial score (nSPS) is 11.8. The summed E-state index contributed by atoms with van der Waals surface area (Å²) in [6.45, 7) is 4.23. The van der Waals surface area contributed by atoms with Crippen molar-refractivity contribution in [3.05, 3.63) is 54.1 Å². The van der Waals surface area contributed by atoms with Crippen LogP contribution < -0.4 is 4.74 Å². The summed E-state index contributed by atoms with van der Waals surface area (Å²) in [7, 11) is 0. The van der Waals surface area contributed by atoms with Gasteiger partial charge in [-0.15, -0.1) is 0 Å². The quantitative estimate of drug-likeness (QED) is 0.389. The van der Waals surface area contributed by atoms with Gasteiger partial charge in [0.1, 0.15) is 23.1 Å². The fourth-order valence-electron chi connectivity index (χ4n) is 3.26. The lowest BCUT2D eigenvalue weighted by molar-refractivity contribution is -0.136. The molecule has 31 heavy (non-hydrogen) atoms. The largest absolute Gasteiger partial charge is 0.482 e. The molecule has 160 valence electrons. The first-order valence-electron chi connectivity index (χ1n) is 10.1. The van der Waals surface area contributed by atoms with Crippen molar-refractivity contribution in [1.29, 1.82) is 5.26 Å². The molecule has 1 unspecified atom stereocenters. The minimum atomic E-state index is -1.02. The Morgan fingerprint density at radius 1 is 1.29 bits per heavy atom. The number of halogens is 1. The first-order valence-corrected chi connectivity index (χ1v) is 10.1. The summed E-state index contributed by atoms with van der Waals surface area (Å²) in [6.07, 6.45) is 0.207. The number of ether oxygens (including phenoxy) is 2. The van der Waals surface area contributed by atoms with Gasteiger partial charge < -0.3 is 19.1 Å². The van der Waals surface area contributed by atoms with Crippen LogP contribution in [0, 0.1) is 17.0 Å². The average molecular weight is 423 g/mol. The zero-order valence-electron chi connectivity index (χ0n) is 17.4. The summed E-state index contributed by atoms with van der Waals surface area (Å²) < 4.78 is 26.4. The zero-order valence-corrected chi connectivity index (χ0v) is 17.4. The molecule has 1 N–H and O–H groups in total. The maximum absolute atomic E-state index is 13.1. The van der Waals surface area contributed by atoms with Gasteiger partial charge in [0.05, 0.1) is 17.6 Å². The molecular weight excluding hydrogens is 400 g/mol. The minimum absolute atomic E-state index is 0.207. The van der Waals surface area contributed by atoms with E-state index in [0.29, 0.717) is 42.6 Å². The van der Waals surface area contributed by atoms with Crippen molar-refractivity contribution < 1.29 is 23.8 Å². The van der Waals surface area contributed by atoms with E-state index in [9.17, 15) is 19.6 Å². The second-order valence-electron chi connectivity index (χ2n) is 7.15. The van der Waals surface area contributed by atoms with Crippen LogP contribution in [0.25, 0.3) is 11.0 Å². The molecular formula is C22H23BFN3O4. The summed E-state index contributed by atoms with van der Waals surface area (Å²) in [5.74, 6) is 1.60. The van der Waals surface area contributed by atoms with Gasteiger partial charge in [0, 0.05) is 37.3 Å². The Labute approximate surface area is 180 Å². The molecule has 0 radical (unpaired) electrons. The molecule has 1 aromatic heterocycles. The van der Waals surface area contributed by atoms with Crippen LogP contribution >= 0.6 is 0 Å². The van der Waals surface area contributed by atoms with Gasteiger partial charge in [0.2, 0.25) is 0 Å². The van der Waals surface area contributed by atoms with Crippen molar-refractivity contribution in [2.24, 2.45) is 0 Å². The first kappa shape index (κ1) is 22.3. The molecule has 0 saturated carbocycles. The van der Waals surface area contributed by atoms with E-state index in [4.69, 9.17) is 9.47 Å². The smallest absolute Gasteiger partial charge is 0.300 e. The highest BCUT2D eigenvalue weighted by Gasteiger charge is 2.30. The number of aromatic nitrogens is 2. The van der Waals surface area contributed by atoms with E-state index in [0.717, 1.165) is 5.52 Å². The van der Waals surface area contributed by atoms with Crippen molar-refractivity contribution in [3.8, 4) is 17.5 Å². The number of hydrogen-bond donors (Lipinski definition) is 1. The molecule has 7 nitrogen and oxygen atoms in total. The Bertz CT molecular complexity index is 1090. The second-order valence-corrected chi connectivity index (χ2v) is 7.15. The maximum atomic E-state index is 13.1. The van der Waals surface area contributed by atoms with Gasteiger partial charge >= 0.3 is 0 Å². The second kappa shape index (κ2) is 10.1. The Kier molecular flexibility index (Phi) is 7.26. The Morgan fingerprint density at radius 2 is 2.00 bits per heavy atom. The molecule has 0 aliphatic heterocycles. The minimum Gasteiger partial charge on any atom is -0.482 e. The van der Waals surface area contributed by atoms with Crippen LogP contribution in [0.3, 0.4) is 0 Å². The number of carboxylic acids is 1. The highest BCUT2D eigenvalue weighted by Crippen LogP contribution is 2.27. The molecule has 0 amide bonds. The van der Waals surface area contributed by atoms with Crippen LogP contribution in [0.1, 0.15) is 19.7 Å². The van der Waals surface area contributed by atoms with E-state index < -0.39 is 18.5 Å². The third-order valence-electron chi connectivity index (χ3n) is 5.07. The third-order valence-corrected chi connectivity index (χ3v) is 5.07. The van der Waals surface area contributed by atoms with E-state index in [2.05, 4.69) is 11.0 Å². The molecule has 9 heteroatoms. The van der Waals surface area contributed by atoms with Crippen LogP contribution in [0.4, 0.5) is 4.39 Å². The highest BCUT2D eigenvalue weighted by atomic mass is 19.1. The van der Waals surface area contributed by atoms with Crippen molar-refractivity contribution in [2.75, 3.05) is 13.2 Å². The van der Waals surface area contributed by atoms with E-state index in [-0.39, 0.29) is 12.1 Å². The molecule has 1 heterocycles. The zero-order chi connectivity index (χ0) is 22.4. The summed E-state index contributed by atoms with van der Waals surface area (Å²) in [6, 6.07) is 11.1. The van der Waals surface area contributed by atoms with E-state index in [1.807, 2.05) is 17.6 Å². The lowest BCUT2D eigenvalue weighted by atomic mass is 9.40. The summed E-state index contributed by atoms with van der Waals surface area (Å²) in [4.78, 5) is 16.0. The lowest BCUT2D eigenvalue weighted by Crippen LogP contribution is -2.28. The predicted molar refractivity (Wildman–Crippen MR) is 115 cm³/mol. The van der Waals surface area contributed by atoms with Gasteiger partial charge in [-0.25, -0.2) is 14.6 Å². The van der Waals surface area contributed by atoms with E-state index in [1.165, 1.54) is 19.1 Å². The number of nitrogens with zero attached hydrogens (tertiary/aromatic N) is 3. The van der Waals surface area contributed by atoms with Crippen molar-refractivity contribution in [2.45, 2.75) is 32.5 Å². The third kappa shape index (κ3) is 5.41. The van der Waals surface area contributed by atoms with Crippen molar-refractivity contribution in [3.63, 3.8) is 0 Å². The van der Waals surface area contributed by atoms with Gasteiger partial charge in [-0.2, -0.15) is 0 Å². The number of imidazole rings is 1. The summed E-state index contributed by atoms with van der Waals surface area (Å²) in [5, 5.41) is 18.8.